The summed E-state index contributed by atoms with van der Waals surface area (Å²) >= 11 is 0. The molecule has 21 heavy (non-hydrogen) atoms. The first-order chi connectivity index (χ1) is 9.83. The van der Waals surface area contributed by atoms with Crippen molar-refractivity contribution < 1.29 is 12.8 Å². The van der Waals surface area contributed by atoms with E-state index in [4.69, 9.17) is 10.2 Å². The average molecular weight is 308 g/mol. The Hall–Kier alpha value is -1.79. The molecule has 0 aliphatic heterocycles. The summed E-state index contributed by atoms with van der Waals surface area (Å²) in [5.41, 5.74) is 7.14. The zero-order valence-corrected chi connectivity index (χ0v) is 13.2. The molecule has 6 heteroatoms. The summed E-state index contributed by atoms with van der Waals surface area (Å²) in [5.74, 6) is 1.18. The molecule has 1 aromatic carbocycles. The number of hydrogen-bond donors (Lipinski definition) is 2. The number of benzene rings is 1. The number of anilines is 1. The molecule has 0 unspecified atom stereocenters. The Balaban J connectivity index is 2.26. The van der Waals surface area contributed by atoms with Crippen molar-refractivity contribution in [1.82, 2.24) is 0 Å². The maximum Gasteiger partial charge on any atom is 0.265 e. The molecule has 0 spiro atoms. The Bertz CT molecular complexity index is 716. The van der Waals surface area contributed by atoms with E-state index in [1.165, 1.54) is 6.07 Å². The van der Waals surface area contributed by atoms with Crippen molar-refractivity contribution in [3.05, 3.63) is 47.4 Å². The monoisotopic (exact) mass is 308 g/mol. The van der Waals surface area contributed by atoms with Crippen molar-refractivity contribution >= 4 is 15.7 Å². The molecule has 0 bridgehead atoms. The molecule has 2 rings (SSSR count). The molecule has 2 aromatic rings. The largest absolute Gasteiger partial charge is 0.464 e. The molecule has 0 amide bonds. The van der Waals surface area contributed by atoms with Gasteiger partial charge in [0.25, 0.3) is 10.0 Å². The summed E-state index contributed by atoms with van der Waals surface area (Å²) < 4.78 is 32.6. The van der Waals surface area contributed by atoms with Crippen LogP contribution in [0.25, 0.3) is 0 Å². The second-order valence-electron chi connectivity index (χ2n) is 5.22. The normalized spacial score (nSPS) is 11.9. The van der Waals surface area contributed by atoms with E-state index >= 15 is 0 Å². The molecular formula is C15H20N2O3S. The highest BCUT2D eigenvalue weighted by Gasteiger charge is 2.21. The van der Waals surface area contributed by atoms with Crippen LogP contribution in [0.2, 0.25) is 0 Å². The van der Waals surface area contributed by atoms with Gasteiger partial charge in [-0.1, -0.05) is 26.0 Å². The highest BCUT2D eigenvalue weighted by atomic mass is 32.2. The van der Waals surface area contributed by atoms with Crippen LogP contribution in [-0.2, 0) is 16.6 Å². The lowest BCUT2D eigenvalue weighted by atomic mass is 10.0. The summed E-state index contributed by atoms with van der Waals surface area (Å²) in [5, 5.41) is 0. The van der Waals surface area contributed by atoms with E-state index in [1.54, 1.807) is 19.1 Å². The lowest BCUT2D eigenvalue weighted by molar-refractivity contribution is 0.479. The topological polar surface area (TPSA) is 85.3 Å². The SMILES string of the molecule is Cc1oc(CN)cc1S(=O)(=O)Nc1ccc(C(C)C)cc1. The van der Waals surface area contributed by atoms with Gasteiger partial charge in [-0.25, -0.2) is 8.42 Å². The minimum absolute atomic E-state index is 0.121. The van der Waals surface area contributed by atoms with Crippen LogP contribution in [-0.4, -0.2) is 8.42 Å². The number of furan rings is 1. The summed E-state index contributed by atoms with van der Waals surface area (Å²) in [4.78, 5) is 0.121. The van der Waals surface area contributed by atoms with Crippen molar-refractivity contribution in [2.75, 3.05) is 4.72 Å². The molecular weight excluding hydrogens is 288 g/mol. The van der Waals surface area contributed by atoms with Gasteiger partial charge in [0.1, 0.15) is 16.4 Å². The summed E-state index contributed by atoms with van der Waals surface area (Å²) in [6.07, 6.45) is 0. The molecule has 1 aromatic heterocycles. The quantitative estimate of drug-likeness (QED) is 0.889. The van der Waals surface area contributed by atoms with Crippen LogP contribution >= 0.6 is 0 Å². The molecule has 1 heterocycles. The van der Waals surface area contributed by atoms with Crippen LogP contribution in [0.1, 0.15) is 36.8 Å². The highest BCUT2D eigenvalue weighted by Crippen LogP contribution is 2.24. The fourth-order valence-corrected chi connectivity index (χ4v) is 3.30. The van der Waals surface area contributed by atoms with Gasteiger partial charge in [-0.2, -0.15) is 0 Å². The van der Waals surface area contributed by atoms with E-state index in [0.717, 1.165) is 5.56 Å². The minimum Gasteiger partial charge on any atom is -0.464 e. The van der Waals surface area contributed by atoms with Crippen LogP contribution in [0.3, 0.4) is 0 Å². The van der Waals surface area contributed by atoms with Crippen molar-refractivity contribution in [1.29, 1.82) is 0 Å². The molecule has 0 aliphatic carbocycles. The maximum atomic E-state index is 12.4. The van der Waals surface area contributed by atoms with Crippen molar-refractivity contribution in [3.8, 4) is 0 Å². The summed E-state index contributed by atoms with van der Waals surface area (Å²) in [6, 6.07) is 8.80. The number of hydrogen-bond acceptors (Lipinski definition) is 4. The Morgan fingerprint density at radius 1 is 1.24 bits per heavy atom. The predicted octanol–water partition coefficient (Wildman–Crippen LogP) is 2.97. The number of rotatable bonds is 5. The van der Waals surface area contributed by atoms with Crippen LogP contribution in [0.4, 0.5) is 5.69 Å². The van der Waals surface area contributed by atoms with Crippen LogP contribution in [0, 0.1) is 6.92 Å². The van der Waals surface area contributed by atoms with Gasteiger partial charge in [0, 0.05) is 11.8 Å². The standard InChI is InChI=1S/C15H20N2O3S/c1-10(2)12-4-6-13(7-5-12)17-21(18,19)15-8-14(9-16)20-11(15)3/h4-8,10,17H,9,16H2,1-3H3. The lowest BCUT2D eigenvalue weighted by Crippen LogP contribution is -2.13. The van der Waals surface area contributed by atoms with E-state index in [9.17, 15) is 8.42 Å². The zero-order chi connectivity index (χ0) is 15.6. The number of nitrogens with two attached hydrogens (primary N) is 1. The van der Waals surface area contributed by atoms with Crippen molar-refractivity contribution in [3.63, 3.8) is 0 Å². The first-order valence-electron chi connectivity index (χ1n) is 6.75. The minimum atomic E-state index is -3.67. The highest BCUT2D eigenvalue weighted by molar-refractivity contribution is 7.92. The molecule has 0 radical (unpaired) electrons. The molecule has 0 atom stereocenters. The molecule has 0 aliphatic rings. The second-order valence-corrected chi connectivity index (χ2v) is 6.87. The fraction of sp³-hybridized carbons (Fsp3) is 0.333. The van der Waals surface area contributed by atoms with Gasteiger partial charge >= 0.3 is 0 Å². The molecule has 0 saturated heterocycles. The Labute approximate surface area is 125 Å². The van der Waals surface area contributed by atoms with Crippen LogP contribution in [0.5, 0.6) is 0 Å². The van der Waals surface area contributed by atoms with E-state index in [0.29, 0.717) is 23.1 Å². The number of nitrogens with one attached hydrogen (secondary N) is 1. The molecule has 0 fully saturated rings. The molecule has 0 saturated carbocycles. The van der Waals surface area contributed by atoms with E-state index < -0.39 is 10.0 Å². The molecule has 3 N–H and O–H groups in total. The Morgan fingerprint density at radius 2 is 1.86 bits per heavy atom. The van der Waals surface area contributed by atoms with Crippen LogP contribution in [0.15, 0.2) is 39.6 Å². The maximum absolute atomic E-state index is 12.4. The third-order valence-corrected chi connectivity index (χ3v) is 4.73. The van der Waals surface area contributed by atoms with Crippen LogP contribution < -0.4 is 10.5 Å². The number of sulfonamides is 1. The summed E-state index contributed by atoms with van der Waals surface area (Å²) in [7, 11) is -3.67. The smallest absolute Gasteiger partial charge is 0.265 e. The van der Waals surface area contributed by atoms with Gasteiger partial charge in [-0.05, 0) is 30.5 Å². The third kappa shape index (κ3) is 3.46. The van der Waals surface area contributed by atoms with Crippen molar-refractivity contribution in [2.45, 2.75) is 38.1 Å². The Morgan fingerprint density at radius 3 is 2.33 bits per heavy atom. The van der Waals surface area contributed by atoms with E-state index in [2.05, 4.69) is 18.6 Å². The average Bonchev–Trinajstić information content (AvgIpc) is 2.81. The second kappa shape index (κ2) is 5.91. The van der Waals surface area contributed by atoms with Gasteiger partial charge in [0.05, 0.1) is 6.54 Å². The van der Waals surface area contributed by atoms with Gasteiger partial charge in [-0.3, -0.25) is 4.72 Å². The van der Waals surface area contributed by atoms with E-state index in [1.807, 2.05) is 12.1 Å². The van der Waals surface area contributed by atoms with E-state index in [-0.39, 0.29) is 11.4 Å². The predicted molar refractivity (Wildman–Crippen MR) is 82.7 cm³/mol. The van der Waals surface area contributed by atoms with Crippen molar-refractivity contribution in [2.24, 2.45) is 5.73 Å². The zero-order valence-electron chi connectivity index (χ0n) is 12.4. The molecule has 114 valence electrons. The van der Waals surface area contributed by atoms with Gasteiger partial charge in [0.15, 0.2) is 0 Å². The fourth-order valence-electron chi connectivity index (χ4n) is 2.04. The van der Waals surface area contributed by atoms with Gasteiger partial charge < -0.3 is 10.2 Å². The summed E-state index contributed by atoms with van der Waals surface area (Å²) in [6.45, 7) is 5.94. The first kappa shape index (κ1) is 15.6. The first-order valence-corrected chi connectivity index (χ1v) is 8.24. The lowest BCUT2D eigenvalue weighted by Gasteiger charge is -2.09. The molecule has 5 nitrogen and oxygen atoms in total. The van der Waals surface area contributed by atoms with Gasteiger partial charge in [0.2, 0.25) is 0 Å². The van der Waals surface area contributed by atoms with Gasteiger partial charge in [-0.15, -0.1) is 0 Å². The number of aryl methyl sites for hydroxylation is 1. The third-order valence-electron chi connectivity index (χ3n) is 3.24. The Kier molecular flexibility index (Phi) is 4.39.